The van der Waals surface area contributed by atoms with Crippen molar-refractivity contribution in [2.75, 3.05) is 26.7 Å². The predicted octanol–water partition coefficient (Wildman–Crippen LogP) is 2.20. The number of carboxylic acids is 1. The summed E-state index contributed by atoms with van der Waals surface area (Å²) < 4.78 is 5.48. The van der Waals surface area contributed by atoms with Crippen LogP contribution in [0.4, 0.5) is 0 Å². The van der Waals surface area contributed by atoms with Crippen molar-refractivity contribution in [3.8, 4) is 0 Å². The van der Waals surface area contributed by atoms with Crippen molar-refractivity contribution >= 4 is 5.97 Å². The summed E-state index contributed by atoms with van der Waals surface area (Å²) in [5.74, 6) is 0.615. The molecule has 2 saturated heterocycles. The highest BCUT2D eigenvalue weighted by atomic mass is 16.4. The minimum Gasteiger partial charge on any atom is -0.475 e. The van der Waals surface area contributed by atoms with Gasteiger partial charge in [-0.05, 0) is 51.8 Å². The van der Waals surface area contributed by atoms with E-state index in [1.165, 1.54) is 25.8 Å². The zero-order chi connectivity index (χ0) is 15.0. The van der Waals surface area contributed by atoms with Gasteiger partial charge in [0.1, 0.15) is 5.76 Å². The Kier molecular flexibility index (Phi) is 4.04. The van der Waals surface area contributed by atoms with E-state index in [1.807, 2.05) is 6.07 Å². The maximum absolute atomic E-state index is 11.0. The third-order valence-electron chi connectivity index (χ3n) is 4.97. The van der Waals surface area contributed by atoms with Crippen molar-refractivity contribution in [3.63, 3.8) is 0 Å². The summed E-state index contributed by atoms with van der Waals surface area (Å²) in [6.45, 7) is 5.89. The molecule has 1 N–H and O–H groups in total. The second kappa shape index (κ2) is 5.81. The van der Waals surface area contributed by atoms with E-state index in [1.54, 1.807) is 6.92 Å². The number of carboxylic acid groups (broad SMARTS) is 1. The van der Waals surface area contributed by atoms with Gasteiger partial charge in [-0.15, -0.1) is 0 Å². The zero-order valence-corrected chi connectivity index (χ0v) is 12.8. The summed E-state index contributed by atoms with van der Waals surface area (Å²) in [7, 11) is 2.24. The molecule has 0 amide bonds. The number of fused-ring (bicyclic) bond motifs is 1. The van der Waals surface area contributed by atoms with Crippen LogP contribution in [-0.2, 0) is 6.54 Å². The molecule has 2 atom stereocenters. The lowest BCUT2D eigenvalue weighted by atomic mass is 9.84. The third kappa shape index (κ3) is 2.99. The summed E-state index contributed by atoms with van der Waals surface area (Å²) in [5, 5.41) is 9.06. The predicted molar refractivity (Wildman–Crippen MR) is 79.4 cm³/mol. The fourth-order valence-electron chi connectivity index (χ4n) is 3.93. The number of carbonyl (C=O) groups is 1. The van der Waals surface area contributed by atoms with E-state index < -0.39 is 5.97 Å². The molecule has 5 nitrogen and oxygen atoms in total. The molecule has 0 saturated carbocycles. The Bertz CT molecular complexity index is 526. The van der Waals surface area contributed by atoms with Gasteiger partial charge in [-0.1, -0.05) is 0 Å². The van der Waals surface area contributed by atoms with Crippen LogP contribution < -0.4 is 0 Å². The molecule has 0 bridgehead atoms. The molecule has 3 heterocycles. The summed E-state index contributed by atoms with van der Waals surface area (Å²) >= 11 is 0. The number of hydrogen-bond acceptors (Lipinski definition) is 4. The quantitative estimate of drug-likeness (QED) is 0.925. The first-order valence-corrected chi connectivity index (χ1v) is 7.80. The van der Waals surface area contributed by atoms with Gasteiger partial charge in [-0.25, -0.2) is 4.79 Å². The van der Waals surface area contributed by atoms with Crippen LogP contribution in [0.15, 0.2) is 10.5 Å². The zero-order valence-electron chi connectivity index (χ0n) is 12.8. The monoisotopic (exact) mass is 292 g/mol. The van der Waals surface area contributed by atoms with Crippen LogP contribution in [0.5, 0.6) is 0 Å². The number of nitrogens with zero attached hydrogens (tertiary/aromatic N) is 2. The molecule has 0 aliphatic carbocycles. The van der Waals surface area contributed by atoms with Crippen molar-refractivity contribution in [1.82, 2.24) is 9.80 Å². The van der Waals surface area contributed by atoms with Crippen molar-refractivity contribution in [2.24, 2.45) is 5.92 Å². The molecule has 0 aromatic carbocycles. The molecule has 2 aliphatic heterocycles. The van der Waals surface area contributed by atoms with E-state index in [2.05, 4.69) is 16.8 Å². The maximum Gasteiger partial charge on any atom is 0.372 e. The molecule has 0 spiro atoms. The van der Waals surface area contributed by atoms with Gasteiger partial charge in [-0.3, -0.25) is 4.90 Å². The Morgan fingerprint density at radius 3 is 2.95 bits per heavy atom. The van der Waals surface area contributed by atoms with E-state index in [9.17, 15) is 4.79 Å². The minimum absolute atomic E-state index is 0.0808. The van der Waals surface area contributed by atoms with Crippen LogP contribution in [0.1, 0.15) is 41.1 Å². The fraction of sp³-hybridized carbons (Fsp3) is 0.688. The summed E-state index contributed by atoms with van der Waals surface area (Å²) in [6, 6.07) is 2.59. The molecule has 1 aromatic heterocycles. The van der Waals surface area contributed by atoms with Crippen molar-refractivity contribution < 1.29 is 14.3 Å². The summed E-state index contributed by atoms with van der Waals surface area (Å²) in [5.41, 5.74) is 0.713. The summed E-state index contributed by atoms with van der Waals surface area (Å²) in [4.78, 5) is 16.0. The molecule has 5 heteroatoms. The maximum atomic E-state index is 11.0. The van der Waals surface area contributed by atoms with Crippen LogP contribution in [0.25, 0.3) is 0 Å². The highest BCUT2D eigenvalue weighted by Gasteiger charge is 2.34. The third-order valence-corrected chi connectivity index (χ3v) is 4.97. The normalized spacial score (nSPS) is 27.5. The van der Waals surface area contributed by atoms with Crippen LogP contribution in [0.3, 0.4) is 0 Å². The lowest BCUT2D eigenvalue weighted by molar-refractivity contribution is 0.0326. The van der Waals surface area contributed by atoms with Crippen LogP contribution >= 0.6 is 0 Å². The molecular weight excluding hydrogens is 268 g/mol. The SMILES string of the molecule is Cc1cc(CN2CCC3C(CCCN3C)C2)oc1C(=O)O. The van der Waals surface area contributed by atoms with Crippen LogP contribution in [0, 0.1) is 12.8 Å². The Morgan fingerprint density at radius 2 is 2.24 bits per heavy atom. The lowest BCUT2D eigenvalue weighted by Gasteiger charge is -2.45. The van der Waals surface area contributed by atoms with Gasteiger partial charge in [-0.2, -0.15) is 0 Å². The molecule has 1 aromatic rings. The van der Waals surface area contributed by atoms with Crippen molar-refractivity contribution in [1.29, 1.82) is 0 Å². The van der Waals surface area contributed by atoms with E-state index in [-0.39, 0.29) is 5.76 Å². The molecule has 0 radical (unpaired) electrons. The number of likely N-dealkylation sites (tertiary alicyclic amines) is 2. The number of rotatable bonds is 3. The lowest BCUT2D eigenvalue weighted by Crippen LogP contribution is -2.52. The Labute approximate surface area is 125 Å². The molecule has 2 unspecified atom stereocenters. The Balaban J connectivity index is 1.64. The van der Waals surface area contributed by atoms with Gasteiger partial charge < -0.3 is 14.4 Å². The first kappa shape index (κ1) is 14.6. The summed E-state index contributed by atoms with van der Waals surface area (Å²) in [6.07, 6.45) is 3.80. The highest BCUT2D eigenvalue weighted by Crippen LogP contribution is 2.30. The standard InChI is InChI=1S/C16H24N2O3/c1-11-8-13(21-15(11)16(19)20)10-18-7-5-14-12(9-18)4-3-6-17(14)2/h8,12,14H,3-7,9-10H2,1-2H3,(H,19,20). The van der Waals surface area contributed by atoms with E-state index in [0.717, 1.165) is 37.4 Å². The van der Waals surface area contributed by atoms with Gasteiger partial charge >= 0.3 is 5.97 Å². The fourth-order valence-corrected chi connectivity index (χ4v) is 3.93. The van der Waals surface area contributed by atoms with Gasteiger partial charge in [0.15, 0.2) is 0 Å². The molecular formula is C16H24N2O3. The first-order valence-electron chi connectivity index (χ1n) is 7.80. The van der Waals surface area contributed by atoms with Gasteiger partial charge in [0, 0.05) is 24.7 Å². The van der Waals surface area contributed by atoms with Gasteiger partial charge in [0.25, 0.3) is 0 Å². The van der Waals surface area contributed by atoms with Gasteiger partial charge in [0.05, 0.1) is 6.54 Å². The number of furan rings is 1. The average Bonchev–Trinajstić information content (AvgIpc) is 2.80. The Hall–Kier alpha value is -1.33. The Morgan fingerprint density at radius 1 is 1.43 bits per heavy atom. The second-order valence-corrected chi connectivity index (χ2v) is 6.50. The number of hydrogen-bond donors (Lipinski definition) is 1. The second-order valence-electron chi connectivity index (χ2n) is 6.50. The van der Waals surface area contributed by atoms with Crippen molar-refractivity contribution in [2.45, 2.75) is 38.8 Å². The largest absolute Gasteiger partial charge is 0.475 e. The topological polar surface area (TPSA) is 56.9 Å². The number of aryl methyl sites for hydroxylation is 1. The van der Waals surface area contributed by atoms with Gasteiger partial charge in [0.2, 0.25) is 5.76 Å². The van der Waals surface area contributed by atoms with Crippen LogP contribution in [-0.4, -0.2) is 53.6 Å². The van der Waals surface area contributed by atoms with E-state index in [0.29, 0.717) is 5.56 Å². The molecule has 116 valence electrons. The molecule has 2 aliphatic rings. The minimum atomic E-state index is -0.980. The molecule has 21 heavy (non-hydrogen) atoms. The van der Waals surface area contributed by atoms with Crippen LogP contribution in [0.2, 0.25) is 0 Å². The average molecular weight is 292 g/mol. The first-order chi connectivity index (χ1) is 10.0. The van der Waals surface area contributed by atoms with E-state index >= 15 is 0 Å². The number of piperidine rings is 2. The van der Waals surface area contributed by atoms with E-state index in [4.69, 9.17) is 9.52 Å². The number of aromatic carboxylic acids is 1. The highest BCUT2D eigenvalue weighted by molar-refractivity contribution is 5.86. The molecule has 3 rings (SSSR count). The smallest absolute Gasteiger partial charge is 0.372 e. The molecule has 2 fully saturated rings. The van der Waals surface area contributed by atoms with Crippen molar-refractivity contribution in [3.05, 3.63) is 23.2 Å².